The SMILES string of the molecule is NC(CS)C(=O)O.[V]. The number of hydrogen-bond donors (Lipinski definition) is 3. The molecule has 0 saturated carbocycles. The largest absolute Gasteiger partial charge is 0.480 e. The quantitative estimate of drug-likeness (QED) is 0.484. The van der Waals surface area contributed by atoms with Crippen molar-refractivity contribution in [1.29, 1.82) is 0 Å². The second-order valence-electron chi connectivity index (χ2n) is 1.13. The van der Waals surface area contributed by atoms with Crippen LogP contribution in [-0.4, -0.2) is 22.9 Å². The van der Waals surface area contributed by atoms with Crippen molar-refractivity contribution in [1.82, 2.24) is 0 Å². The van der Waals surface area contributed by atoms with E-state index in [0.717, 1.165) is 0 Å². The molecule has 0 spiro atoms. The Balaban J connectivity index is 0. The fourth-order valence-electron chi connectivity index (χ4n) is 0.0781. The second kappa shape index (κ2) is 5.50. The minimum Gasteiger partial charge on any atom is -0.480 e. The Kier molecular flexibility index (Phi) is 7.70. The summed E-state index contributed by atoms with van der Waals surface area (Å²) in [4.78, 5) is 9.76. The Morgan fingerprint density at radius 3 is 2.25 bits per heavy atom. The van der Waals surface area contributed by atoms with Gasteiger partial charge in [-0.2, -0.15) is 12.6 Å². The summed E-state index contributed by atoms with van der Waals surface area (Å²) in [5.41, 5.74) is 4.94. The average Bonchev–Trinajstić information content (AvgIpc) is 1.65. The number of nitrogens with two attached hydrogens (primary N) is 1. The molecule has 0 bridgehead atoms. The summed E-state index contributed by atoms with van der Waals surface area (Å²) in [7, 11) is 0. The number of aliphatic carboxylic acids is 1. The van der Waals surface area contributed by atoms with Gasteiger partial charge in [0.1, 0.15) is 6.04 Å². The third-order valence-electron chi connectivity index (χ3n) is 0.514. The van der Waals surface area contributed by atoms with E-state index in [1.165, 1.54) is 0 Å². The first-order valence-corrected chi connectivity index (χ1v) is 2.41. The monoisotopic (exact) mass is 172 g/mol. The van der Waals surface area contributed by atoms with Gasteiger partial charge in [-0.15, -0.1) is 0 Å². The summed E-state index contributed by atoms with van der Waals surface area (Å²) < 4.78 is 0. The Morgan fingerprint density at radius 1 is 1.88 bits per heavy atom. The molecule has 3 N–H and O–H groups in total. The molecule has 0 aromatic carbocycles. The smallest absolute Gasteiger partial charge is 0.321 e. The van der Waals surface area contributed by atoms with E-state index in [1.807, 2.05) is 0 Å². The minimum absolute atomic E-state index is 0. The van der Waals surface area contributed by atoms with Gasteiger partial charge in [0.05, 0.1) is 0 Å². The maximum absolute atomic E-state index is 9.76. The van der Waals surface area contributed by atoms with Crippen LogP contribution < -0.4 is 5.73 Å². The predicted molar refractivity (Wildman–Crippen MR) is 29.5 cm³/mol. The molecule has 1 atom stereocenters. The van der Waals surface area contributed by atoms with Crippen LogP contribution in [-0.2, 0) is 23.4 Å². The third kappa shape index (κ3) is 4.52. The van der Waals surface area contributed by atoms with Crippen LogP contribution >= 0.6 is 12.6 Å². The molecule has 0 aromatic heterocycles. The summed E-state index contributed by atoms with van der Waals surface area (Å²) in [6.45, 7) is 0. The van der Waals surface area contributed by atoms with Gasteiger partial charge < -0.3 is 10.8 Å². The van der Waals surface area contributed by atoms with Crippen molar-refractivity contribution < 1.29 is 28.5 Å². The van der Waals surface area contributed by atoms with Crippen LogP contribution in [0.4, 0.5) is 0 Å². The molecule has 5 heteroatoms. The molecule has 0 aliphatic heterocycles. The normalized spacial score (nSPS) is 11.8. The van der Waals surface area contributed by atoms with Gasteiger partial charge in [-0.25, -0.2) is 0 Å². The van der Waals surface area contributed by atoms with Crippen LogP contribution in [0.25, 0.3) is 0 Å². The molecule has 0 amide bonds. The summed E-state index contributed by atoms with van der Waals surface area (Å²) in [6.07, 6.45) is 0. The number of hydrogen-bond acceptors (Lipinski definition) is 3. The van der Waals surface area contributed by atoms with Gasteiger partial charge in [0.2, 0.25) is 0 Å². The van der Waals surface area contributed by atoms with Crippen LogP contribution in [0.1, 0.15) is 0 Å². The topological polar surface area (TPSA) is 63.3 Å². The van der Waals surface area contributed by atoms with Crippen molar-refractivity contribution in [2.75, 3.05) is 5.75 Å². The maximum Gasteiger partial charge on any atom is 0.321 e. The number of carbonyl (C=O) groups is 1. The average molecular weight is 172 g/mol. The molecule has 3 nitrogen and oxygen atoms in total. The Labute approximate surface area is 64.9 Å². The van der Waals surface area contributed by atoms with E-state index in [-0.39, 0.29) is 24.3 Å². The third-order valence-corrected chi connectivity index (χ3v) is 0.907. The molecule has 0 saturated heterocycles. The van der Waals surface area contributed by atoms with E-state index in [1.54, 1.807) is 0 Å². The molecule has 1 unspecified atom stereocenters. The Hall–Kier alpha value is 0.364. The molecule has 47 valence electrons. The zero-order chi connectivity index (χ0) is 5.86. The van der Waals surface area contributed by atoms with Crippen molar-refractivity contribution in [3.05, 3.63) is 0 Å². The summed E-state index contributed by atoms with van der Waals surface area (Å²) in [5, 5.41) is 8.01. The van der Waals surface area contributed by atoms with E-state index >= 15 is 0 Å². The Morgan fingerprint density at radius 2 is 2.25 bits per heavy atom. The molecular formula is C3H7NO2SV. The molecule has 8 heavy (non-hydrogen) atoms. The first kappa shape index (κ1) is 11.2. The molecule has 0 aromatic rings. The predicted octanol–water partition coefficient (Wildman–Crippen LogP) is -0.674. The van der Waals surface area contributed by atoms with E-state index in [4.69, 9.17) is 10.8 Å². The second-order valence-corrected chi connectivity index (χ2v) is 1.49. The molecule has 0 fully saturated rings. The van der Waals surface area contributed by atoms with Crippen LogP contribution in [0.5, 0.6) is 0 Å². The van der Waals surface area contributed by atoms with Gasteiger partial charge in [-0.05, 0) is 0 Å². The maximum atomic E-state index is 9.76. The number of thiol groups is 1. The first-order chi connectivity index (χ1) is 3.18. The van der Waals surface area contributed by atoms with Crippen molar-refractivity contribution >= 4 is 18.6 Å². The molecule has 1 radical (unpaired) electrons. The van der Waals surface area contributed by atoms with E-state index < -0.39 is 12.0 Å². The molecule has 0 rings (SSSR count). The zero-order valence-electron chi connectivity index (χ0n) is 4.11. The summed E-state index contributed by atoms with van der Waals surface area (Å²) >= 11 is 3.65. The van der Waals surface area contributed by atoms with E-state index in [0.29, 0.717) is 0 Å². The Bertz CT molecular complexity index is 79.7. The first-order valence-electron chi connectivity index (χ1n) is 1.77. The number of rotatable bonds is 2. The van der Waals surface area contributed by atoms with Gasteiger partial charge in [0.15, 0.2) is 0 Å². The van der Waals surface area contributed by atoms with Crippen molar-refractivity contribution in [2.45, 2.75) is 6.04 Å². The zero-order valence-corrected chi connectivity index (χ0v) is 6.40. The van der Waals surface area contributed by atoms with Gasteiger partial charge >= 0.3 is 5.97 Å². The van der Waals surface area contributed by atoms with Gasteiger partial charge in [0.25, 0.3) is 0 Å². The number of carboxylic acids is 1. The number of carboxylic acid groups (broad SMARTS) is 1. The van der Waals surface area contributed by atoms with Crippen LogP contribution in [0, 0.1) is 0 Å². The van der Waals surface area contributed by atoms with Gasteiger partial charge in [-0.3, -0.25) is 4.79 Å². The van der Waals surface area contributed by atoms with Crippen LogP contribution in [0.2, 0.25) is 0 Å². The molecule has 0 aliphatic rings. The van der Waals surface area contributed by atoms with Gasteiger partial charge in [-0.1, -0.05) is 0 Å². The molecular weight excluding hydrogens is 165 g/mol. The fraction of sp³-hybridized carbons (Fsp3) is 0.667. The van der Waals surface area contributed by atoms with E-state index in [9.17, 15) is 4.79 Å². The minimum atomic E-state index is -1.00. The summed E-state index contributed by atoms with van der Waals surface area (Å²) in [6, 6.07) is -0.816. The van der Waals surface area contributed by atoms with Crippen molar-refractivity contribution in [3.63, 3.8) is 0 Å². The van der Waals surface area contributed by atoms with E-state index in [2.05, 4.69) is 12.6 Å². The van der Waals surface area contributed by atoms with Crippen molar-refractivity contribution in [2.24, 2.45) is 5.73 Å². The summed E-state index contributed by atoms with van der Waals surface area (Å²) in [5.74, 6) is -0.815. The standard InChI is InChI=1S/C3H7NO2S.V/c4-2(1-7)3(5)6;/h2,7H,1,4H2,(H,5,6);. The van der Waals surface area contributed by atoms with Crippen LogP contribution in [0.3, 0.4) is 0 Å². The molecule has 0 heterocycles. The fourth-order valence-corrected chi connectivity index (χ4v) is 0.234. The van der Waals surface area contributed by atoms with Crippen molar-refractivity contribution in [3.8, 4) is 0 Å². The molecule has 0 aliphatic carbocycles. The van der Waals surface area contributed by atoms with Gasteiger partial charge in [0, 0.05) is 24.3 Å². The van der Waals surface area contributed by atoms with Crippen LogP contribution in [0.15, 0.2) is 0 Å².